The zero-order chi connectivity index (χ0) is 22.6. The Hall–Kier alpha value is -3.05. The molecule has 1 fully saturated rings. The van der Waals surface area contributed by atoms with Crippen molar-refractivity contribution in [3.8, 4) is 0 Å². The fourth-order valence-corrected chi connectivity index (χ4v) is 3.27. The number of pyridine rings is 1. The van der Waals surface area contributed by atoms with E-state index in [2.05, 4.69) is 15.6 Å². The second-order valence-corrected chi connectivity index (χ2v) is 7.00. The number of hydrogen-bond donors (Lipinski definition) is 3. The summed E-state index contributed by atoms with van der Waals surface area (Å²) in [7, 11) is 1.67. The van der Waals surface area contributed by atoms with Crippen molar-refractivity contribution in [1.82, 2.24) is 20.5 Å². The maximum atomic E-state index is 12.6. The number of nitrogens with zero attached hydrogens (tertiary/aromatic N) is 2. The monoisotopic (exact) mass is 436 g/mol. The molecule has 11 heteroatoms. The lowest BCUT2D eigenvalue weighted by atomic mass is 9.94. The SMILES string of the molecule is CN1C(=O)C[C@H](C(=O)NCCC(=O)NCCOCCOCC(=O)O)[C@H]1c1cccnc1. The van der Waals surface area contributed by atoms with Crippen LogP contribution in [0.3, 0.4) is 0 Å². The average molecular weight is 436 g/mol. The molecule has 31 heavy (non-hydrogen) atoms. The van der Waals surface area contributed by atoms with Gasteiger partial charge in [0.05, 0.1) is 31.8 Å². The number of carboxylic acids is 1. The molecule has 1 aromatic rings. The molecule has 0 aromatic carbocycles. The number of ether oxygens (including phenoxy) is 2. The number of nitrogens with one attached hydrogen (secondary N) is 2. The molecule has 170 valence electrons. The van der Waals surface area contributed by atoms with Crippen LogP contribution in [0, 0.1) is 5.92 Å². The summed E-state index contributed by atoms with van der Waals surface area (Å²) in [5, 5.41) is 13.8. The third-order valence-electron chi connectivity index (χ3n) is 4.77. The van der Waals surface area contributed by atoms with E-state index in [0.29, 0.717) is 0 Å². The molecule has 1 aromatic heterocycles. The van der Waals surface area contributed by atoms with Crippen LogP contribution in [-0.4, -0.2) is 85.2 Å². The summed E-state index contributed by atoms with van der Waals surface area (Å²) in [4.78, 5) is 52.5. The van der Waals surface area contributed by atoms with Crippen LogP contribution in [-0.2, 0) is 28.7 Å². The van der Waals surface area contributed by atoms with Crippen molar-refractivity contribution in [2.24, 2.45) is 5.92 Å². The van der Waals surface area contributed by atoms with Crippen LogP contribution in [0.1, 0.15) is 24.4 Å². The third kappa shape index (κ3) is 7.95. The van der Waals surface area contributed by atoms with Gasteiger partial charge >= 0.3 is 5.97 Å². The van der Waals surface area contributed by atoms with Gasteiger partial charge in [-0.05, 0) is 11.6 Å². The fraction of sp³-hybridized carbons (Fsp3) is 0.550. The number of hydrogen-bond acceptors (Lipinski definition) is 7. The number of rotatable bonds is 13. The topological polar surface area (TPSA) is 147 Å². The first kappa shape index (κ1) is 24.2. The summed E-state index contributed by atoms with van der Waals surface area (Å²) in [6.45, 7) is 0.717. The van der Waals surface area contributed by atoms with Crippen LogP contribution in [0.15, 0.2) is 24.5 Å². The molecule has 0 unspecified atom stereocenters. The van der Waals surface area contributed by atoms with E-state index in [1.807, 2.05) is 6.07 Å². The quantitative estimate of drug-likeness (QED) is 0.345. The molecule has 3 N–H and O–H groups in total. The van der Waals surface area contributed by atoms with Crippen molar-refractivity contribution in [3.63, 3.8) is 0 Å². The van der Waals surface area contributed by atoms with Gasteiger partial charge in [0.15, 0.2) is 0 Å². The minimum Gasteiger partial charge on any atom is -0.480 e. The average Bonchev–Trinajstić information content (AvgIpc) is 3.05. The first-order chi connectivity index (χ1) is 14.9. The third-order valence-corrected chi connectivity index (χ3v) is 4.77. The van der Waals surface area contributed by atoms with Crippen LogP contribution in [0.25, 0.3) is 0 Å². The normalized spacial score (nSPS) is 18.1. The van der Waals surface area contributed by atoms with E-state index >= 15 is 0 Å². The maximum absolute atomic E-state index is 12.6. The number of aliphatic carboxylic acids is 1. The highest BCUT2D eigenvalue weighted by atomic mass is 16.5. The predicted octanol–water partition coefficient (Wildman–Crippen LogP) is -0.659. The molecule has 0 radical (unpaired) electrons. The molecule has 1 aliphatic rings. The summed E-state index contributed by atoms with van der Waals surface area (Å²) in [6.07, 6.45) is 3.49. The summed E-state index contributed by atoms with van der Waals surface area (Å²) in [5.74, 6) is -2.21. The van der Waals surface area contributed by atoms with Crippen molar-refractivity contribution in [2.75, 3.05) is 46.6 Å². The highest BCUT2D eigenvalue weighted by molar-refractivity contribution is 5.90. The molecule has 3 amide bonds. The molecule has 2 heterocycles. The van der Waals surface area contributed by atoms with Crippen molar-refractivity contribution in [3.05, 3.63) is 30.1 Å². The minimum atomic E-state index is -1.04. The lowest BCUT2D eigenvalue weighted by Gasteiger charge is -2.24. The van der Waals surface area contributed by atoms with Gasteiger partial charge in [-0.15, -0.1) is 0 Å². The van der Waals surface area contributed by atoms with Crippen LogP contribution in [0.4, 0.5) is 0 Å². The zero-order valence-corrected chi connectivity index (χ0v) is 17.4. The second-order valence-electron chi connectivity index (χ2n) is 7.00. The van der Waals surface area contributed by atoms with Gasteiger partial charge in [-0.3, -0.25) is 19.4 Å². The standard InChI is InChI=1S/C20H28N4O7/c1-24-17(26)11-15(19(24)14-3-2-5-21-12-14)20(29)23-6-4-16(25)22-7-8-30-9-10-31-13-18(27)28/h2-3,5,12,15,19H,4,6-11,13H2,1H3,(H,22,25)(H,23,29)(H,27,28)/t15-,19+/m0/s1. The molecular formula is C20H28N4O7. The number of likely N-dealkylation sites (tertiary alicyclic amines) is 1. The number of carbonyl (C=O) groups is 4. The number of carboxylic acid groups (broad SMARTS) is 1. The highest BCUT2D eigenvalue weighted by Gasteiger charge is 2.42. The fourth-order valence-electron chi connectivity index (χ4n) is 3.27. The maximum Gasteiger partial charge on any atom is 0.329 e. The van der Waals surface area contributed by atoms with Gasteiger partial charge in [-0.25, -0.2) is 4.79 Å². The Kier molecular flexibility index (Phi) is 9.85. The van der Waals surface area contributed by atoms with Gasteiger partial charge in [-0.2, -0.15) is 0 Å². The Morgan fingerprint density at radius 3 is 2.68 bits per heavy atom. The molecule has 2 rings (SSSR count). The van der Waals surface area contributed by atoms with Gasteiger partial charge in [0.2, 0.25) is 17.7 Å². The van der Waals surface area contributed by atoms with E-state index in [1.165, 1.54) is 0 Å². The highest BCUT2D eigenvalue weighted by Crippen LogP contribution is 2.36. The number of carbonyl (C=O) groups excluding carboxylic acids is 3. The van der Waals surface area contributed by atoms with E-state index in [-0.39, 0.29) is 76.1 Å². The summed E-state index contributed by atoms with van der Waals surface area (Å²) in [6, 6.07) is 3.21. The van der Waals surface area contributed by atoms with Crippen molar-refractivity contribution in [2.45, 2.75) is 18.9 Å². The Morgan fingerprint density at radius 1 is 1.19 bits per heavy atom. The molecule has 1 aliphatic heterocycles. The van der Waals surface area contributed by atoms with E-state index in [9.17, 15) is 19.2 Å². The molecule has 1 saturated heterocycles. The lowest BCUT2D eigenvalue weighted by molar-refractivity contribution is -0.142. The van der Waals surface area contributed by atoms with Gasteiger partial charge in [0.25, 0.3) is 0 Å². The van der Waals surface area contributed by atoms with Crippen molar-refractivity contribution >= 4 is 23.7 Å². The molecule has 11 nitrogen and oxygen atoms in total. The molecule has 2 atom stereocenters. The first-order valence-electron chi connectivity index (χ1n) is 9.97. The van der Waals surface area contributed by atoms with Crippen molar-refractivity contribution in [1.29, 1.82) is 0 Å². The van der Waals surface area contributed by atoms with Crippen LogP contribution >= 0.6 is 0 Å². The molecule has 0 saturated carbocycles. The van der Waals surface area contributed by atoms with Crippen molar-refractivity contribution < 1.29 is 33.8 Å². The minimum absolute atomic E-state index is 0.0987. The first-order valence-corrected chi connectivity index (χ1v) is 9.97. The Balaban J connectivity index is 1.64. The molecule has 0 aliphatic carbocycles. The van der Waals surface area contributed by atoms with Crippen LogP contribution in [0.2, 0.25) is 0 Å². The van der Waals surface area contributed by atoms with Crippen LogP contribution in [0.5, 0.6) is 0 Å². The van der Waals surface area contributed by atoms with Crippen LogP contribution < -0.4 is 10.6 Å². The van der Waals surface area contributed by atoms with E-state index in [1.54, 1.807) is 30.4 Å². The van der Waals surface area contributed by atoms with Gasteiger partial charge in [0.1, 0.15) is 6.61 Å². The predicted molar refractivity (Wildman–Crippen MR) is 108 cm³/mol. The number of aromatic nitrogens is 1. The van der Waals surface area contributed by atoms with Gasteiger partial charge < -0.3 is 30.1 Å². The van der Waals surface area contributed by atoms with E-state index in [0.717, 1.165) is 5.56 Å². The molecule has 0 spiro atoms. The summed E-state index contributed by atoms with van der Waals surface area (Å²) < 4.78 is 10.0. The zero-order valence-electron chi connectivity index (χ0n) is 17.4. The Bertz CT molecular complexity index is 759. The summed E-state index contributed by atoms with van der Waals surface area (Å²) in [5.41, 5.74) is 0.794. The molecule has 0 bridgehead atoms. The van der Waals surface area contributed by atoms with E-state index < -0.39 is 11.9 Å². The Labute approximate surface area is 180 Å². The van der Waals surface area contributed by atoms with Gasteiger partial charge in [-0.1, -0.05) is 6.07 Å². The lowest BCUT2D eigenvalue weighted by Crippen LogP contribution is -2.37. The largest absolute Gasteiger partial charge is 0.480 e. The van der Waals surface area contributed by atoms with Gasteiger partial charge in [0, 0.05) is 45.4 Å². The smallest absolute Gasteiger partial charge is 0.329 e. The summed E-state index contributed by atoms with van der Waals surface area (Å²) >= 11 is 0. The molecular weight excluding hydrogens is 408 g/mol. The van der Waals surface area contributed by atoms with E-state index in [4.69, 9.17) is 14.6 Å². The number of amides is 3. The Morgan fingerprint density at radius 2 is 1.97 bits per heavy atom. The second kappa shape index (κ2) is 12.6.